The van der Waals surface area contributed by atoms with Gasteiger partial charge in [0.25, 0.3) is 0 Å². The van der Waals surface area contributed by atoms with E-state index in [9.17, 15) is 0 Å². The molecule has 2 nitrogen and oxygen atoms in total. The van der Waals surface area contributed by atoms with Crippen molar-refractivity contribution in [2.24, 2.45) is 0 Å². The molecule has 0 saturated carbocycles. The number of hydrogen-bond acceptors (Lipinski definition) is 1. The number of nitrogens with zero attached hydrogens (tertiary/aromatic N) is 2. The van der Waals surface area contributed by atoms with Crippen LogP contribution >= 0.6 is 0 Å². The zero-order chi connectivity index (χ0) is 48.0. The molecule has 0 unspecified atom stereocenters. The molecule has 12 aromatic rings. The van der Waals surface area contributed by atoms with Crippen molar-refractivity contribution >= 4 is 38.9 Å². The summed E-state index contributed by atoms with van der Waals surface area (Å²) < 4.78 is 2.46. The summed E-state index contributed by atoms with van der Waals surface area (Å²) in [5.74, 6) is 0. The van der Waals surface area contributed by atoms with E-state index in [2.05, 4.69) is 290 Å². The Morgan fingerprint density at radius 2 is 0.806 bits per heavy atom. The van der Waals surface area contributed by atoms with Crippen molar-refractivity contribution in [1.29, 1.82) is 0 Å². The van der Waals surface area contributed by atoms with E-state index in [-0.39, 0.29) is 5.41 Å². The minimum atomic E-state index is -0.435. The average molecular weight is 919 g/mol. The van der Waals surface area contributed by atoms with E-state index in [0.717, 1.165) is 22.7 Å². The number of para-hydroxylation sites is 2. The van der Waals surface area contributed by atoms with Gasteiger partial charge in [0.15, 0.2) is 0 Å². The van der Waals surface area contributed by atoms with Gasteiger partial charge >= 0.3 is 0 Å². The third-order valence-electron chi connectivity index (χ3n) is 15.9. The summed E-state index contributed by atoms with van der Waals surface area (Å²) in [6.45, 7) is 4.68. The molecule has 1 heterocycles. The van der Waals surface area contributed by atoms with Gasteiger partial charge in [-0.15, -0.1) is 0 Å². The monoisotopic (exact) mass is 918 g/mol. The van der Waals surface area contributed by atoms with Crippen LogP contribution in [-0.4, -0.2) is 4.57 Å². The first-order valence-corrected chi connectivity index (χ1v) is 25.2. The van der Waals surface area contributed by atoms with Crippen LogP contribution in [0.2, 0.25) is 0 Å². The Balaban J connectivity index is 0.829. The van der Waals surface area contributed by atoms with Crippen molar-refractivity contribution in [2.45, 2.75) is 24.7 Å². The Kier molecular flexibility index (Phi) is 9.50. The fourth-order valence-electron chi connectivity index (χ4n) is 12.6. The molecule has 2 heteroatoms. The number of rotatable bonds is 8. The second-order valence-corrected chi connectivity index (χ2v) is 20.0. The molecule has 0 bridgehead atoms. The normalized spacial score (nSPS) is 13.6. The molecule has 0 aliphatic heterocycles. The maximum atomic E-state index is 2.46. The highest BCUT2D eigenvalue weighted by molar-refractivity contribution is 6.10. The summed E-state index contributed by atoms with van der Waals surface area (Å²) in [6.07, 6.45) is 0. The SMILES string of the molecule is CC1(C)c2ccccc2-c2cc(N(c3ccccc3)c3ccc(-c4cccc(-c5ccc6c(c5)c5ccccc5n6-c5ccc6c(c5)-c5ccccc5C6(c5ccccc5)c5ccccc5)c4)cc3)ccc21. The number of hydrogen-bond donors (Lipinski definition) is 0. The standard InChI is InChI=1S/C70H50N2/c1-69(2)63-30-15-12-27-57(63)60-45-55(38-40-64(60)69)71(53-25-10-5-11-26-53)54-36-33-47(34-37-54)48-19-18-20-49(43-48)50-35-42-68-62(44-50)59-29-14-17-32-67(59)72(68)56-39-41-66-61(46-56)58-28-13-16-31-65(58)70(66,51-21-6-3-7-22-51)52-23-8-4-9-24-52/h3-46H,1-2H3. The summed E-state index contributed by atoms with van der Waals surface area (Å²) >= 11 is 0. The molecular weight excluding hydrogens is 869 g/mol. The summed E-state index contributed by atoms with van der Waals surface area (Å²) in [5, 5.41) is 2.48. The van der Waals surface area contributed by atoms with Crippen molar-refractivity contribution in [3.05, 3.63) is 300 Å². The maximum Gasteiger partial charge on any atom is 0.0713 e. The van der Waals surface area contributed by atoms with Crippen molar-refractivity contribution in [1.82, 2.24) is 4.57 Å². The van der Waals surface area contributed by atoms with E-state index in [4.69, 9.17) is 0 Å². The smallest absolute Gasteiger partial charge is 0.0713 e. The molecule has 0 amide bonds. The molecule has 0 atom stereocenters. The lowest BCUT2D eigenvalue weighted by Crippen LogP contribution is -2.28. The van der Waals surface area contributed by atoms with Gasteiger partial charge in [-0.1, -0.05) is 208 Å². The first-order valence-electron chi connectivity index (χ1n) is 25.2. The molecule has 0 radical (unpaired) electrons. The van der Waals surface area contributed by atoms with Gasteiger partial charge in [0.2, 0.25) is 0 Å². The quantitative estimate of drug-likeness (QED) is 0.147. The van der Waals surface area contributed by atoms with Gasteiger partial charge in [-0.05, 0) is 151 Å². The minimum absolute atomic E-state index is 0.0410. The molecule has 0 N–H and O–H groups in total. The highest BCUT2D eigenvalue weighted by Gasteiger charge is 2.46. The van der Waals surface area contributed by atoms with Crippen molar-refractivity contribution < 1.29 is 0 Å². The van der Waals surface area contributed by atoms with Gasteiger partial charge in [0, 0.05) is 38.9 Å². The Labute approximate surface area is 421 Å². The second-order valence-electron chi connectivity index (χ2n) is 20.0. The molecule has 72 heavy (non-hydrogen) atoms. The molecule has 2 aliphatic carbocycles. The first-order chi connectivity index (χ1) is 35.5. The van der Waals surface area contributed by atoms with Crippen LogP contribution < -0.4 is 4.90 Å². The van der Waals surface area contributed by atoms with Gasteiger partial charge in [-0.2, -0.15) is 0 Å². The largest absolute Gasteiger partial charge is 0.310 e. The third-order valence-corrected chi connectivity index (χ3v) is 15.9. The predicted octanol–water partition coefficient (Wildman–Crippen LogP) is 18.3. The van der Waals surface area contributed by atoms with Crippen molar-refractivity contribution in [3.8, 4) is 50.2 Å². The van der Waals surface area contributed by atoms with Crippen molar-refractivity contribution in [3.63, 3.8) is 0 Å². The average Bonchev–Trinajstić information content (AvgIpc) is 4.02. The predicted molar refractivity (Wildman–Crippen MR) is 301 cm³/mol. The summed E-state index contributed by atoms with van der Waals surface area (Å²) in [4.78, 5) is 2.38. The van der Waals surface area contributed by atoms with Crippen LogP contribution in [-0.2, 0) is 10.8 Å². The van der Waals surface area contributed by atoms with Crippen LogP contribution in [0.5, 0.6) is 0 Å². The zero-order valence-electron chi connectivity index (χ0n) is 40.3. The van der Waals surface area contributed by atoms with Crippen LogP contribution in [0.3, 0.4) is 0 Å². The molecule has 0 fully saturated rings. The van der Waals surface area contributed by atoms with Crippen molar-refractivity contribution in [2.75, 3.05) is 4.90 Å². The molecule has 0 spiro atoms. The fourth-order valence-corrected chi connectivity index (χ4v) is 12.6. The van der Waals surface area contributed by atoms with Gasteiger partial charge in [0.05, 0.1) is 16.4 Å². The Hall–Kier alpha value is -8.98. The molecular formula is C70H50N2. The molecule has 340 valence electrons. The summed E-state index contributed by atoms with van der Waals surface area (Å²) in [5.41, 5.74) is 24.3. The fraction of sp³-hybridized carbons (Fsp3) is 0.0571. The third kappa shape index (κ3) is 6.28. The van der Waals surface area contributed by atoms with E-state index in [0.29, 0.717) is 0 Å². The van der Waals surface area contributed by atoms with Gasteiger partial charge in [-0.25, -0.2) is 0 Å². The highest BCUT2D eigenvalue weighted by Crippen LogP contribution is 2.57. The molecule has 2 aliphatic rings. The summed E-state index contributed by atoms with van der Waals surface area (Å²) in [7, 11) is 0. The Bertz CT molecular complexity index is 4010. The van der Waals surface area contributed by atoms with Crippen LogP contribution in [0.1, 0.15) is 47.2 Å². The van der Waals surface area contributed by atoms with Gasteiger partial charge in [0.1, 0.15) is 0 Å². The lowest BCUT2D eigenvalue weighted by atomic mass is 9.68. The molecule has 1 aromatic heterocycles. The summed E-state index contributed by atoms with van der Waals surface area (Å²) in [6, 6.07) is 98.8. The molecule has 11 aromatic carbocycles. The van der Waals surface area contributed by atoms with E-state index in [1.54, 1.807) is 0 Å². The van der Waals surface area contributed by atoms with E-state index < -0.39 is 5.41 Å². The van der Waals surface area contributed by atoms with Crippen LogP contribution in [0, 0.1) is 0 Å². The molecule has 14 rings (SSSR count). The minimum Gasteiger partial charge on any atom is -0.310 e. The van der Waals surface area contributed by atoms with Gasteiger partial charge < -0.3 is 9.47 Å². The Morgan fingerprint density at radius 1 is 0.306 bits per heavy atom. The molecule has 0 saturated heterocycles. The van der Waals surface area contributed by atoms with E-state index >= 15 is 0 Å². The van der Waals surface area contributed by atoms with Crippen LogP contribution in [0.15, 0.2) is 267 Å². The first kappa shape index (κ1) is 41.9. The van der Waals surface area contributed by atoms with E-state index in [1.807, 2.05) is 0 Å². The van der Waals surface area contributed by atoms with Crippen LogP contribution in [0.4, 0.5) is 17.1 Å². The maximum absolute atomic E-state index is 2.46. The van der Waals surface area contributed by atoms with E-state index in [1.165, 1.54) is 99.7 Å². The number of fused-ring (bicyclic) bond motifs is 9. The topological polar surface area (TPSA) is 8.17 Å². The number of anilines is 3. The lowest BCUT2D eigenvalue weighted by Gasteiger charge is -2.33. The Morgan fingerprint density at radius 3 is 1.54 bits per heavy atom. The zero-order valence-corrected chi connectivity index (χ0v) is 40.3. The lowest BCUT2D eigenvalue weighted by molar-refractivity contribution is 0.660. The number of aromatic nitrogens is 1. The number of benzene rings is 11. The van der Waals surface area contributed by atoms with Gasteiger partial charge in [-0.3, -0.25) is 0 Å². The van der Waals surface area contributed by atoms with Crippen LogP contribution in [0.25, 0.3) is 72.0 Å². The second kappa shape index (κ2) is 16.3. The highest BCUT2D eigenvalue weighted by atomic mass is 15.1.